The second-order valence-electron chi connectivity index (χ2n) is 2.66. The average molecular weight is 317 g/mol. The van der Waals surface area contributed by atoms with Crippen LogP contribution in [0.2, 0.25) is 0 Å². The number of hydrogen-bond acceptors (Lipinski definition) is 3. The number of rotatable bonds is 1. The first-order valence-electron chi connectivity index (χ1n) is 4.00. The van der Waals surface area contributed by atoms with Gasteiger partial charge in [-0.15, -0.1) is 9.25 Å². The van der Waals surface area contributed by atoms with E-state index < -0.39 is 0 Å². The Labute approximate surface area is 99.1 Å². The van der Waals surface area contributed by atoms with Crippen molar-refractivity contribution in [3.63, 3.8) is 0 Å². The lowest BCUT2D eigenvalue weighted by Gasteiger charge is -2.27. The number of anilines is 1. The Kier molecular flexibility index (Phi) is 2.88. The first-order chi connectivity index (χ1) is 6.77. The van der Waals surface area contributed by atoms with Gasteiger partial charge >= 0.3 is 0 Å². The molecular formula is C9H7Br2N3. The summed E-state index contributed by atoms with van der Waals surface area (Å²) in [6.07, 6.45) is 3.80. The molecule has 0 spiro atoms. The maximum absolute atomic E-state index is 4.16. The molecule has 5 heteroatoms. The summed E-state index contributed by atoms with van der Waals surface area (Å²) in [6.45, 7) is 0. The lowest BCUT2D eigenvalue weighted by molar-refractivity contribution is 0.526. The standard InChI is InChI=1S/C9H7Br2N3/c10-9-6-7-13(14(11)12-9)8-4-2-1-3-5-8/h1-7H. The van der Waals surface area contributed by atoms with Crippen molar-refractivity contribution >= 4 is 42.4 Å². The van der Waals surface area contributed by atoms with Crippen molar-refractivity contribution in [2.24, 2.45) is 5.10 Å². The van der Waals surface area contributed by atoms with Crippen molar-refractivity contribution in [1.82, 2.24) is 4.14 Å². The molecule has 0 atom stereocenters. The number of hydrazone groups is 1. The molecule has 0 saturated carbocycles. The Balaban J connectivity index is 2.26. The molecular weight excluding hydrogens is 310 g/mol. The summed E-state index contributed by atoms with van der Waals surface area (Å²) in [4.78, 5) is 0. The molecule has 0 radical (unpaired) electrons. The van der Waals surface area contributed by atoms with Gasteiger partial charge in [-0.05, 0) is 34.1 Å². The summed E-state index contributed by atoms with van der Waals surface area (Å²) in [5, 5.41) is 6.04. The second-order valence-corrected chi connectivity index (χ2v) is 4.11. The predicted octanol–water partition coefficient (Wildman–Crippen LogP) is 3.26. The number of benzene rings is 1. The van der Waals surface area contributed by atoms with Crippen molar-refractivity contribution < 1.29 is 0 Å². The molecule has 14 heavy (non-hydrogen) atoms. The number of halogens is 2. The Morgan fingerprint density at radius 1 is 1.14 bits per heavy atom. The van der Waals surface area contributed by atoms with Crippen molar-refractivity contribution in [1.29, 1.82) is 0 Å². The molecule has 1 aromatic carbocycles. The van der Waals surface area contributed by atoms with Gasteiger partial charge in [0.05, 0.1) is 21.8 Å². The molecule has 1 aliphatic rings. The highest BCUT2D eigenvalue weighted by atomic mass is 79.9. The van der Waals surface area contributed by atoms with E-state index in [2.05, 4.69) is 37.2 Å². The summed E-state index contributed by atoms with van der Waals surface area (Å²) < 4.78 is 2.37. The van der Waals surface area contributed by atoms with E-state index in [0.29, 0.717) is 0 Å². The smallest absolute Gasteiger partial charge is 0.130 e. The number of para-hydroxylation sites is 1. The third kappa shape index (κ3) is 1.99. The predicted molar refractivity (Wildman–Crippen MR) is 65.2 cm³/mol. The van der Waals surface area contributed by atoms with E-state index in [0.717, 1.165) is 10.3 Å². The fraction of sp³-hybridized carbons (Fsp3) is 0. The van der Waals surface area contributed by atoms with E-state index in [1.165, 1.54) is 0 Å². The molecule has 1 heterocycles. The highest BCUT2D eigenvalue weighted by Crippen LogP contribution is 2.22. The summed E-state index contributed by atoms with van der Waals surface area (Å²) in [5.74, 6) is 0. The largest absolute Gasteiger partial charge is 0.235 e. The van der Waals surface area contributed by atoms with Crippen LogP contribution < -0.4 is 5.01 Å². The van der Waals surface area contributed by atoms with Crippen molar-refractivity contribution in [3.05, 3.63) is 42.6 Å². The molecule has 3 nitrogen and oxygen atoms in total. The van der Waals surface area contributed by atoms with Crippen LogP contribution in [0.4, 0.5) is 5.69 Å². The van der Waals surface area contributed by atoms with Crippen molar-refractivity contribution in [2.45, 2.75) is 0 Å². The first kappa shape index (κ1) is 9.73. The van der Waals surface area contributed by atoms with Gasteiger partial charge in [0.15, 0.2) is 0 Å². The van der Waals surface area contributed by atoms with Crippen LogP contribution in [0, 0.1) is 0 Å². The van der Waals surface area contributed by atoms with Gasteiger partial charge in [0.1, 0.15) is 4.62 Å². The fourth-order valence-corrected chi connectivity index (χ4v) is 2.05. The molecule has 0 aromatic heterocycles. The Bertz CT molecular complexity index is 375. The molecule has 0 fully saturated rings. The van der Waals surface area contributed by atoms with Crippen LogP contribution in [0.3, 0.4) is 0 Å². The molecule has 2 rings (SSSR count). The highest BCUT2D eigenvalue weighted by Gasteiger charge is 2.12. The second kappa shape index (κ2) is 4.14. The Hall–Kier alpha value is -0.810. The number of nitrogens with zero attached hydrogens (tertiary/aromatic N) is 3. The van der Waals surface area contributed by atoms with E-state index in [-0.39, 0.29) is 0 Å². The maximum atomic E-state index is 4.16. The monoisotopic (exact) mass is 315 g/mol. The summed E-state index contributed by atoms with van der Waals surface area (Å²) in [7, 11) is 0. The van der Waals surface area contributed by atoms with Crippen LogP contribution in [0.5, 0.6) is 0 Å². The van der Waals surface area contributed by atoms with Crippen LogP contribution in [0.15, 0.2) is 47.7 Å². The molecule has 72 valence electrons. The van der Waals surface area contributed by atoms with Crippen molar-refractivity contribution in [3.8, 4) is 0 Å². The van der Waals surface area contributed by atoms with Crippen LogP contribution >= 0.6 is 32.1 Å². The normalized spacial score (nSPS) is 15.7. The third-order valence-electron chi connectivity index (χ3n) is 1.73. The fourth-order valence-electron chi connectivity index (χ4n) is 1.11. The van der Waals surface area contributed by atoms with Gasteiger partial charge in [-0.2, -0.15) is 0 Å². The Morgan fingerprint density at radius 3 is 2.50 bits per heavy atom. The van der Waals surface area contributed by atoms with E-state index >= 15 is 0 Å². The zero-order valence-corrected chi connectivity index (χ0v) is 10.3. The number of hydrazine groups is 1. The molecule has 0 aliphatic carbocycles. The Morgan fingerprint density at radius 2 is 1.86 bits per heavy atom. The number of hydrogen-bond donors (Lipinski definition) is 0. The molecule has 0 unspecified atom stereocenters. The van der Waals surface area contributed by atoms with Gasteiger partial charge < -0.3 is 0 Å². The van der Waals surface area contributed by atoms with Gasteiger partial charge in [-0.25, -0.2) is 5.01 Å². The quantitative estimate of drug-likeness (QED) is 0.741. The van der Waals surface area contributed by atoms with Crippen LogP contribution in [-0.2, 0) is 0 Å². The minimum Gasteiger partial charge on any atom is -0.235 e. The molecule has 0 N–H and O–H groups in total. The molecule has 0 saturated heterocycles. The lowest BCUT2D eigenvalue weighted by atomic mass is 10.3. The third-order valence-corrected chi connectivity index (χ3v) is 2.65. The lowest BCUT2D eigenvalue weighted by Crippen LogP contribution is -2.29. The highest BCUT2D eigenvalue weighted by molar-refractivity contribution is 9.18. The topological polar surface area (TPSA) is 18.8 Å². The maximum Gasteiger partial charge on any atom is 0.130 e. The zero-order valence-electron chi connectivity index (χ0n) is 7.14. The van der Waals surface area contributed by atoms with E-state index in [4.69, 9.17) is 0 Å². The van der Waals surface area contributed by atoms with Gasteiger partial charge in [0.25, 0.3) is 0 Å². The zero-order chi connectivity index (χ0) is 9.97. The molecule has 0 amide bonds. The summed E-state index contributed by atoms with van der Waals surface area (Å²) in [6, 6.07) is 9.96. The average Bonchev–Trinajstić information content (AvgIpc) is 2.19. The van der Waals surface area contributed by atoms with Gasteiger partial charge in [0, 0.05) is 6.20 Å². The van der Waals surface area contributed by atoms with E-state index in [1.54, 1.807) is 4.14 Å². The SMILES string of the molecule is BrC1=NN(Br)N(c2ccccc2)C=C1. The summed E-state index contributed by atoms with van der Waals surface area (Å²) >= 11 is 6.62. The molecule has 1 aliphatic heterocycles. The van der Waals surface area contributed by atoms with Crippen LogP contribution in [-0.4, -0.2) is 8.76 Å². The van der Waals surface area contributed by atoms with Crippen LogP contribution in [0.1, 0.15) is 0 Å². The minimum atomic E-state index is 0.779. The van der Waals surface area contributed by atoms with Gasteiger partial charge in [-0.3, -0.25) is 0 Å². The minimum absolute atomic E-state index is 0.779. The van der Waals surface area contributed by atoms with E-state index in [1.807, 2.05) is 47.6 Å². The van der Waals surface area contributed by atoms with Gasteiger partial charge in [0.2, 0.25) is 0 Å². The molecule has 1 aromatic rings. The first-order valence-corrected chi connectivity index (χ1v) is 5.50. The number of allylic oxidation sites excluding steroid dienone is 1. The molecule has 0 bridgehead atoms. The van der Waals surface area contributed by atoms with Crippen molar-refractivity contribution in [2.75, 3.05) is 5.01 Å². The summed E-state index contributed by atoms with van der Waals surface area (Å²) in [5.41, 5.74) is 1.05. The van der Waals surface area contributed by atoms with Gasteiger partial charge in [-0.1, -0.05) is 18.2 Å². The van der Waals surface area contributed by atoms with E-state index in [9.17, 15) is 0 Å². The van der Waals surface area contributed by atoms with Crippen LogP contribution in [0.25, 0.3) is 0 Å².